The molecule has 0 heterocycles. The maximum absolute atomic E-state index is 10.7. The molecular formula is C9H12N2O3S. The second-order valence-electron chi connectivity index (χ2n) is 3.35. The van der Waals surface area contributed by atoms with Crippen molar-refractivity contribution >= 4 is 15.8 Å². The number of oxime groups is 1. The van der Waals surface area contributed by atoms with Crippen LogP contribution in [0.25, 0.3) is 0 Å². The van der Waals surface area contributed by atoms with E-state index in [2.05, 4.69) is 9.44 Å². The largest absolute Gasteiger partial charge is 0.325 e. The molecule has 1 aliphatic carbocycles. The van der Waals surface area contributed by atoms with Gasteiger partial charge in [0.1, 0.15) is 0 Å². The van der Waals surface area contributed by atoms with Gasteiger partial charge in [-0.15, -0.1) is 0 Å². The molecule has 6 heteroatoms. The standard InChI is InChI=1S/C9H12N2O3S/c1-15(12,13)14-11-9-4-2-3-8(7-9)5-6-10/h7H,2-5H2,1H3/b11-9+. The van der Waals surface area contributed by atoms with Gasteiger partial charge < -0.3 is 0 Å². The molecule has 0 amide bonds. The highest BCUT2D eigenvalue weighted by Crippen LogP contribution is 2.18. The van der Waals surface area contributed by atoms with Gasteiger partial charge in [-0.1, -0.05) is 10.7 Å². The lowest BCUT2D eigenvalue weighted by molar-refractivity contribution is 0.342. The Kier molecular flexibility index (Phi) is 3.86. The molecule has 0 spiro atoms. The summed E-state index contributed by atoms with van der Waals surface area (Å²) in [5.74, 6) is 0. The predicted octanol–water partition coefficient (Wildman–Crippen LogP) is 1.34. The van der Waals surface area contributed by atoms with Crippen LogP contribution in [-0.4, -0.2) is 20.4 Å². The molecule has 0 aliphatic heterocycles. The van der Waals surface area contributed by atoms with E-state index in [0.717, 1.165) is 24.7 Å². The highest BCUT2D eigenvalue weighted by molar-refractivity contribution is 7.85. The first-order valence-electron chi connectivity index (χ1n) is 4.53. The van der Waals surface area contributed by atoms with Crippen molar-refractivity contribution in [1.82, 2.24) is 0 Å². The maximum atomic E-state index is 10.7. The Morgan fingerprint density at radius 1 is 1.60 bits per heavy atom. The Bertz CT molecular complexity index is 429. The zero-order chi connectivity index (χ0) is 11.3. The van der Waals surface area contributed by atoms with Crippen molar-refractivity contribution in [3.05, 3.63) is 11.6 Å². The van der Waals surface area contributed by atoms with Gasteiger partial charge in [0.25, 0.3) is 0 Å². The summed E-state index contributed by atoms with van der Waals surface area (Å²) in [6.45, 7) is 0. The number of hydrogen-bond donors (Lipinski definition) is 0. The normalized spacial score (nSPS) is 19.5. The zero-order valence-electron chi connectivity index (χ0n) is 8.43. The first-order valence-corrected chi connectivity index (χ1v) is 6.35. The van der Waals surface area contributed by atoms with E-state index < -0.39 is 10.1 Å². The molecule has 0 saturated heterocycles. The van der Waals surface area contributed by atoms with E-state index in [-0.39, 0.29) is 0 Å². The van der Waals surface area contributed by atoms with Gasteiger partial charge >= 0.3 is 10.1 Å². The maximum Gasteiger partial charge on any atom is 0.325 e. The van der Waals surface area contributed by atoms with Crippen LogP contribution in [0.4, 0.5) is 0 Å². The number of allylic oxidation sites excluding steroid dienone is 2. The van der Waals surface area contributed by atoms with Crippen molar-refractivity contribution in [1.29, 1.82) is 5.26 Å². The third-order valence-corrected chi connectivity index (χ3v) is 2.24. The lowest BCUT2D eigenvalue weighted by Gasteiger charge is -2.10. The average Bonchev–Trinajstić information content (AvgIpc) is 2.15. The molecule has 1 aliphatic rings. The number of hydrogen-bond acceptors (Lipinski definition) is 5. The van der Waals surface area contributed by atoms with E-state index in [0.29, 0.717) is 18.6 Å². The molecule has 0 saturated carbocycles. The van der Waals surface area contributed by atoms with Crippen LogP contribution in [0.5, 0.6) is 0 Å². The van der Waals surface area contributed by atoms with Crippen LogP contribution in [0, 0.1) is 11.3 Å². The molecule has 0 aromatic rings. The van der Waals surface area contributed by atoms with Gasteiger partial charge in [0, 0.05) is 0 Å². The van der Waals surface area contributed by atoms with Crippen molar-refractivity contribution in [2.24, 2.45) is 5.16 Å². The van der Waals surface area contributed by atoms with E-state index in [1.165, 1.54) is 0 Å². The first-order chi connectivity index (χ1) is 7.01. The number of rotatable bonds is 3. The van der Waals surface area contributed by atoms with Crippen molar-refractivity contribution in [2.75, 3.05) is 6.26 Å². The summed E-state index contributed by atoms with van der Waals surface area (Å²) >= 11 is 0. The molecule has 0 aromatic carbocycles. The fourth-order valence-electron chi connectivity index (χ4n) is 1.31. The fraction of sp³-hybridized carbons (Fsp3) is 0.556. The van der Waals surface area contributed by atoms with Crippen molar-refractivity contribution in [3.63, 3.8) is 0 Å². The SMILES string of the molecule is CS(=O)(=O)O/N=C1/C=C(CC#N)CCC1. The average molecular weight is 228 g/mol. The molecule has 0 radical (unpaired) electrons. The minimum Gasteiger partial charge on any atom is -0.268 e. The van der Waals surface area contributed by atoms with Gasteiger partial charge in [-0.05, 0) is 25.3 Å². The Labute approximate surface area is 89.2 Å². The number of nitriles is 1. The lowest BCUT2D eigenvalue weighted by Crippen LogP contribution is -2.06. The topological polar surface area (TPSA) is 79.5 Å². The zero-order valence-corrected chi connectivity index (χ0v) is 9.25. The monoisotopic (exact) mass is 228 g/mol. The predicted molar refractivity (Wildman–Crippen MR) is 55.5 cm³/mol. The summed E-state index contributed by atoms with van der Waals surface area (Å²) in [4.78, 5) is 0. The van der Waals surface area contributed by atoms with Crippen LogP contribution in [0.15, 0.2) is 16.8 Å². The molecule has 0 unspecified atom stereocenters. The molecule has 5 nitrogen and oxygen atoms in total. The fourth-order valence-corrected chi connectivity index (χ4v) is 1.54. The van der Waals surface area contributed by atoms with Crippen molar-refractivity contribution in [3.8, 4) is 6.07 Å². The van der Waals surface area contributed by atoms with Crippen LogP contribution < -0.4 is 0 Å². The summed E-state index contributed by atoms with van der Waals surface area (Å²) in [6, 6.07) is 2.05. The molecular weight excluding hydrogens is 216 g/mol. The van der Waals surface area contributed by atoms with Crippen LogP contribution >= 0.6 is 0 Å². The third-order valence-electron chi connectivity index (χ3n) is 1.90. The van der Waals surface area contributed by atoms with E-state index in [4.69, 9.17) is 5.26 Å². The summed E-state index contributed by atoms with van der Waals surface area (Å²) in [5.41, 5.74) is 1.55. The minimum atomic E-state index is -3.54. The van der Waals surface area contributed by atoms with Gasteiger partial charge in [0.15, 0.2) is 0 Å². The quantitative estimate of drug-likeness (QED) is 0.683. The van der Waals surface area contributed by atoms with Gasteiger partial charge in [0.05, 0.1) is 24.5 Å². The van der Waals surface area contributed by atoms with Crippen LogP contribution in [0.2, 0.25) is 0 Å². The summed E-state index contributed by atoms with van der Waals surface area (Å²) in [6.07, 6.45) is 5.46. The lowest BCUT2D eigenvalue weighted by atomic mass is 9.96. The molecule has 0 bridgehead atoms. The molecule has 0 N–H and O–H groups in total. The second-order valence-corrected chi connectivity index (χ2v) is 4.91. The highest BCUT2D eigenvalue weighted by atomic mass is 32.2. The first kappa shape index (κ1) is 11.7. The molecule has 0 atom stereocenters. The van der Waals surface area contributed by atoms with Crippen molar-refractivity contribution in [2.45, 2.75) is 25.7 Å². The summed E-state index contributed by atoms with van der Waals surface area (Å²) < 4.78 is 25.7. The third kappa shape index (κ3) is 4.61. The van der Waals surface area contributed by atoms with E-state index in [1.54, 1.807) is 6.08 Å². The van der Waals surface area contributed by atoms with E-state index in [1.807, 2.05) is 6.07 Å². The minimum absolute atomic E-state index is 0.359. The smallest absolute Gasteiger partial charge is 0.268 e. The Morgan fingerprint density at radius 3 is 2.93 bits per heavy atom. The van der Waals surface area contributed by atoms with Crippen molar-refractivity contribution < 1.29 is 12.7 Å². The van der Waals surface area contributed by atoms with Crippen LogP contribution in [-0.2, 0) is 14.4 Å². The Hall–Kier alpha value is -1.35. The highest BCUT2D eigenvalue weighted by Gasteiger charge is 2.10. The second kappa shape index (κ2) is 4.94. The molecule has 82 valence electrons. The summed E-state index contributed by atoms with van der Waals surface area (Å²) in [7, 11) is -3.54. The van der Waals surface area contributed by atoms with Crippen LogP contribution in [0.3, 0.4) is 0 Å². The van der Waals surface area contributed by atoms with E-state index >= 15 is 0 Å². The molecule has 0 aromatic heterocycles. The summed E-state index contributed by atoms with van der Waals surface area (Å²) in [5, 5.41) is 12.0. The van der Waals surface area contributed by atoms with Gasteiger partial charge in [0.2, 0.25) is 0 Å². The Balaban J connectivity index is 2.71. The molecule has 1 rings (SSSR count). The van der Waals surface area contributed by atoms with Crippen LogP contribution in [0.1, 0.15) is 25.7 Å². The molecule has 0 fully saturated rings. The van der Waals surface area contributed by atoms with Gasteiger partial charge in [-0.2, -0.15) is 13.7 Å². The van der Waals surface area contributed by atoms with Gasteiger partial charge in [-0.25, -0.2) is 0 Å². The molecule has 15 heavy (non-hydrogen) atoms. The number of nitrogens with zero attached hydrogens (tertiary/aromatic N) is 2. The van der Waals surface area contributed by atoms with Gasteiger partial charge in [-0.3, -0.25) is 4.28 Å². The Morgan fingerprint density at radius 2 is 2.33 bits per heavy atom. The van der Waals surface area contributed by atoms with E-state index in [9.17, 15) is 8.42 Å².